The van der Waals surface area contributed by atoms with E-state index in [1.54, 1.807) is 18.3 Å². The lowest BCUT2D eigenvalue weighted by molar-refractivity contribution is -0.132. The van der Waals surface area contributed by atoms with Crippen LogP contribution in [0.2, 0.25) is 0 Å². The van der Waals surface area contributed by atoms with Crippen molar-refractivity contribution in [1.29, 1.82) is 0 Å². The molecule has 1 aromatic carbocycles. The molecule has 3 aromatic rings. The second kappa shape index (κ2) is 11.2. The van der Waals surface area contributed by atoms with E-state index in [1.807, 2.05) is 29.7 Å². The molecule has 10 heteroatoms. The number of likely N-dealkylation sites (tertiary alicyclic amines) is 1. The molecule has 0 saturated carbocycles. The smallest absolute Gasteiger partial charge is 0.334 e. The highest BCUT2D eigenvalue weighted by Gasteiger charge is 2.28. The molecular weight excluding hydrogens is 496 g/mol. The Morgan fingerprint density at radius 1 is 1.21 bits per heavy atom. The minimum atomic E-state index is -0.381. The Balaban J connectivity index is 1.38. The number of hydrogen-bond acceptors (Lipinski definition) is 7. The van der Waals surface area contributed by atoms with Gasteiger partial charge in [0.25, 0.3) is 0 Å². The fourth-order valence-corrected chi connectivity index (χ4v) is 5.40. The second-order valence-corrected chi connectivity index (χ2v) is 10.1. The molecule has 0 unspecified atom stereocenters. The number of rotatable bonds is 9. The highest BCUT2D eigenvalue weighted by Crippen LogP contribution is 2.31. The predicted octanol–water partition coefficient (Wildman–Crippen LogP) is 3.54. The van der Waals surface area contributed by atoms with Crippen LogP contribution in [0.25, 0.3) is 21.6 Å². The Morgan fingerprint density at radius 3 is 2.59 bits per heavy atom. The monoisotopic (exact) mass is 526 g/mol. The summed E-state index contributed by atoms with van der Waals surface area (Å²) in [7, 11) is 0. The summed E-state index contributed by atoms with van der Waals surface area (Å²) in [5.74, 6) is 0.234. The highest BCUT2D eigenvalue weighted by molar-refractivity contribution is 6.09. The maximum absolute atomic E-state index is 13.7. The third-order valence-corrected chi connectivity index (χ3v) is 7.43. The van der Waals surface area contributed by atoms with Crippen LogP contribution < -0.4 is 5.73 Å². The largest absolute Gasteiger partial charge is 0.411 e. The van der Waals surface area contributed by atoms with Gasteiger partial charge in [-0.25, -0.2) is 14.6 Å². The van der Waals surface area contributed by atoms with Crippen molar-refractivity contribution in [2.75, 3.05) is 26.2 Å². The number of hydrogen-bond donors (Lipinski definition) is 1. The van der Waals surface area contributed by atoms with E-state index in [0.29, 0.717) is 41.4 Å². The third-order valence-electron chi connectivity index (χ3n) is 7.43. The van der Waals surface area contributed by atoms with Crippen LogP contribution in [0.3, 0.4) is 0 Å². The molecule has 1 fully saturated rings. The van der Waals surface area contributed by atoms with Crippen LogP contribution in [0.4, 0.5) is 5.69 Å². The molecule has 200 valence electrons. The Morgan fingerprint density at radius 2 is 1.95 bits per heavy atom. The average molecular weight is 527 g/mol. The number of benzene rings is 1. The van der Waals surface area contributed by atoms with Crippen molar-refractivity contribution in [3.8, 4) is 5.69 Å². The van der Waals surface area contributed by atoms with Crippen molar-refractivity contribution in [3.05, 3.63) is 64.8 Å². The molecule has 1 amide bonds. The number of nitrogens with zero attached hydrogens (tertiary/aromatic N) is 5. The van der Waals surface area contributed by atoms with E-state index in [-0.39, 0.29) is 37.2 Å². The number of nitrogens with two attached hydrogens (primary N) is 1. The Labute approximate surface area is 226 Å². The van der Waals surface area contributed by atoms with Gasteiger partial charge in [0.05, 0.1) is 29.7 Å². The fraction of sp³-hybridized carbons (Fsp3) is 0.379. The lowest BCUT2D eigenvalue weighted by Crippen LogP contribution is -2.38. The first-order valence-electron chi connectivity index (χ1n) is 13.1. The number of esters is 1. The number of piperidine rings is 1. The molecule has 0 atom stereocenters. The van der Waals surface area contributed by atoms with Gasteiger partial charge in [0.1, 0.15) is 6.54 Å². The number of ketones is 1. The summed E-state index contributed by atoms with van der Waals surface area (Å²) in [6.07, 6.45) is 4.85. The van der Waals surface area contributed by atoms with Gasteiger partial charge in [-0.05, 0) is 69.0 Å². The van der Waals surface area contributed by atoms with Crippen molar-refractivity contribution in [2.45, 2.75) is 39.0 Å². The van der Waals surface area contributed by atoms with Crippen LogP contribution >= 0.6 is 0 Å². The van der Waals surface area contributed by atoms with E-state index >= 15 is 0 Å². The van der Waals surface area contributed by atoms with Crippen LogP contribution in [-0.2, 0) is 20.7 Å². The average Bonchev–Trinajstić information content (AvgIpc) is 3.47. The van der Waals surface area contributed by atoms with E-state index < -0.39 is 0 Å². The molecule has 39 heavy (non-hydrogen) atoms. The number of aromatic nitrogens is 2. The van der Waals surface area contributed by atoms with Crippen LogP contribution in [0.5, 0.6) is 0 Å². The highest BCUT2D eigenvalue weighted by atomic mass is 16.6. The van der Waals surface area contributed by atoms with Gasteiger partial charge in [-0.2, -0.15) is 0 Å². The summed E-state index contributed by atoms with van der Waals surface area (Å²) in [6.45, 7) is 11.1. The SMILES string of the molecule is [C-]#[N+]c1ccc(-n2c(C)c(C(=O)CN3CCC(CC4=NCC(=O)O4)CC3)c3ncc(CCC(N)=O)cc32)cc1. The zero-order chi connectivity index (χ0) is 27.5. The van der Waals surface area contributed by atoms with Crippen LogP contribution in [0.15, 0.2) is 41.5 Å². The number of Topliss-reactive ketones (excluding diaryl/α,β-unsaturated/α-hetero) is 1. The molecule has 2 N–H and O–H groups in total. The zero-order valence-electron chi connectivity index (χ0n) is 21.9. The van der Waals surface area contributed by atoms with E-state index in [1.165, 1.54) is 0 Å². The molecule has 2 aromatic heterocycles. The number of cyclic esters (lactones) is 1. The first-order valence-corrected chi connectivity index (χ1v) is 13.1. The topological polar surface area (TPSA) is 124 Å². The van der Waals surface area contributed by atoms with Gasteiger partial charge in [0, 0.05) is 30.4 Å². The number of aryl methyl sites for hydroxylation is 1. The molecule has 4 heterocycles. The molecule has 2 aliphatic rings. The molecule has 0 radical (unpaired) electrons. The normalized spacial score (nSPS) is 16.2. The lowest BCUT2D eigenvalue weighted by atomic mass is 9.93. The van der Waals surface area contributed by atoms with Crippen LogP contribution in [0, 0.1) is 19.4 Å². The van der Waals surface area contributed by atoms with E-state index in [2.05, 4.69) is 19.7 Å². The van der Waals surface area contributed by atoms with Crippen molar-refractivity contribution in [2.24, 2.45) is 16.6 Å². The minimum absolute atomic E-state index is 0.000961. The summed E-state index contributed by atoms with van der Waals surface area (Å²) in [4.78, 5) is 50.8. The quantitative estimate of drug-likeness (QED) is 0.258. The Kier molecular flexibility index (Phi) is 7.52. The lowest BCUT2D eigenvalue weighted by Gasteiger charge is -2.31. The maximum atomic E-state index is 13.7. The molecular formula is C29H30N6O4. The summed E-state index contributed by atoms with van der Waals surface area (Å²) in [5, 5.41) is 0. The van der Waals surface area contributed by atoms with E-state index in [4.69, 9.17) is 17.0 Å². The Hall–Kier alpha value is -4.36. The molecule has 0 aliphatic carbocycles. The summed E-state index contributed by atoms with van der Waals surface area (Å²) in [6, 6.07) is 9.19. The third kappa shape index (κ3) is 5.73. The molecule has 5 rings (SSSR count). The van der Waals surface area contributed by atoms with Gasteiger partial charge in [-0.1, -0.05) is 12.1 Å². The van der Waals surface area contributed by atoms with Crippen molar-refractivity contribution < 1.29 is 19.1 Å². The van der Waals surface area contributed by atoms with Gasteiger partial charge in [-0.3, -0.25) is 19.5 Å². The molecule has 2 aliphatic heterocycles. The number of fused-ring (bicyclic) bond motifs is 1. The first kappa shape index (κ1) is 26.3. The maximum Gasteiger partial charge on any atom is 0.334 e. The number of pyridine rings is 1. The number of amides is 1. The molecule has 0 spiro atoms. The number of aliphatic imine (C=N–C) groups is 1. The van der Waals surface area contributed by atoms with Crippen LogP contribution in [-0.4, -0.2) is 64.2 Å². The van der Waals surface area contributed by atoms with Crippen molar-refractivity contribution in [1.82, 2.24) is 14.5 Å². The van der Waals surface area contributed by atoms with Crippen molar-refractivity contribution >= 4 is 40.3 Å². The van der Waals surface area contributed by atoms with Gasteiger partial charge < -0.3 is 15.0 Å². The van der Waals surface area contributed by atoms with Gasteiger partial charge in [0.15, 0.2) is 17.4 Å². The van der Waals surface area contributed by atoms with Gasteiger partial charge in [0.2, 0.25) is 5.91 Å². The predicted molar refractivity (Wildman–Crippen MR) is 146 cm³/mol. The first-order chi connectivity index (χ1) is 18.8. The molecule has 1 saturated heterocycles. The van der Waals surface area contributed by atoms with Gasteiger partial charge in [-0.15, -0.1) is 0 Å². The standard InChI is InChI=1S/C29H30N6O4/c1-18-28(24(36)17-34-11-9-19(10-12-34)14-26-32-16-27(38)39-26)29-23(13-20(15-33-29)3-8-25(30)37)35(18)22-6-4-21(31-2)5-7-22/h4-7,13,15,19H,3,8-12,14,16-17H2,1H3,(H2,30,37). The second-order valence-electron chi connectivity index (χ2n) is 10.1. The summed E-state index contributed by atoms with van der Waals surface area (Å²) in [5.41, 5.74) is 10.3. The Bertz CT molecular complexity index is 1510. The zero-order valence-corrected chi connectivity index (χ0v) is 21.9. The molecule has 10 nitrogen and oxygen atoms in total. The number of ether oxygens (including phenoxy) is 1. The fourth-order valence-electron chi connectivity index (χ4n) is 5.40. The number of carbonyl (C=O) groups excluding carboxylic acids is 3. The van der Waals surface area contributed by atoms with E-state index in [9.17, 15) is 14.4 Å². The van der Waals surface area contributed by atoms with Crippen LogP contribution in [0.1, 0.15) is 47.3 Å². The minimum Gasteiger partial charge on any atom is -0.411 e. The summed E-state index contributed by atoms with van der Waals surface area (Å²) < 4.78 is 7.14. The summed E-state index contributed by atoms with van der Waals surface area (Å²) >= 11 is 0. The van der Waals surface area contributed by atoms with Crippen molar-refractivity contribution in [3.63, 3.8) is 0 Å². The number of carbonyl (C=O) groups is 3. The van der Waals surface area contributed by atoms with Gasteiger partial charge >= 0.3 is 5.97 Å². The molecule has 0 bridgehead atoms. The number of primary amides is 1. The van der Waals surface area contributed by atoms with E-state index in [0.717, 1.165) is 48.4 Å².